The monoisotopic (exact) mass is 320 g/mol. The third-order valence-electron chi connectivity index (χ3n) is 3.88. The summed E-state index contributed by atoms with van der Waals surface area (Å²) in [6.45, 7) is 5.79. The van der Waals surface area contributed by atoms with E-state index in [0.717, 1.165) is 27.7 Å². The van der Waals surface area contributed by atoms with Gasteiger partial charge in [0.25, 0.3) is 5.95 Å². The zero-order chi connectivity index (χ0) is 16.7. The maximum atomic E-state index is 5.52. The molecule has 0 fully saturated rings. The average Bonchev–Trinajstić information content (AvgIpc) is 3.17. The number of H-pyrrole nitrogens is 1. The molecule has 0 atom stereocenters. The average molecular weight is 320 g/mol. The molecule has 1 aromatic carbocycles. The van der Waals surface area contributed by atoms with Gasteiger partial charge in [0.2, 0.25) is 0 Å². The molecule has 7 heteroatoms. The van der Waals surface area contributed by atoms with Crippen molar-refractivity contribution in [1.29, 1.82) is 0 Å². The van der Waals surface area contributed by atoms with Crippen LogP contribution in [0.1, 0.15) is 24.0 Å². The number of hydrogen-bond donors (Lipinski definition) is 2. The molecular weight excluding hydrogens is 304 g/mol. The number of benzene rings is 1. The highest BCUT2D eigenvalue weighted by Crippen LogP contribution is 2.24. The lowest BCUT2D eigenvalue weighted by atomic mass is 10.1. The summed E-state index contributed by atoms with van der Waals surface area (Å²) >= 11 is 0. The first-order chi connectivity index (χ1) is 11.6. The Morgan fingerprint density at radius 2 is 2.04 bits per heavy atom. The minimum absolute atomic E-state index is 0.328. The number of nitrogens with zero attached hydrogens (tertiary/aromatic N) is 4. The van der Waals surface area contributed by atoms with Crippen molar-refractivity contribution in [3.8, 4) is 0 Å². The number of rotatable bonds is 3. The van der Waals surface area contributed by atoms with Gasteiger partial charge in [-0.3, -0.25) is 0 Å². The van der Waals surface area contributed by atoms with E-state index in [-0.39, 0.29) is 0 Å². The van der Waals surface area contributed by atoms with Gasteiger partial charge >= 0.3 is 0 Å². The number of para-hydroxylation sites is 1. The lowest BCUT2D eigenvalue weighted by Gasteiger charge is -1.99. The molecule has 2 N–H and O–H groups in total. The number of aromatic amines is 1. The smallest absolute Gasteiger partial charge is 0.265 e. The summed E-state index contributed by atoms with van der Waals surface area (Å²) in [6.07, 6.45) is 0. The molecule has 0 aliphatic carbocycles. The molecule has 7 nitrogen and oxygen atoms in total. The molecule has 24 heavy (non-hydrogen) atoms. The normalized spacial score (nSPS) is 12.2. The highest BCUT2D eigenvalue weighted by Gasteiger charge is 2.10. The van der Waals surface area contributed by atoms with Crippen LogP contribution in [0.25, 0.3) is 22.1 Å². The molecule has 0 amide bonds. The minimum atomic E-state index is 0.328. The fraction of sp³-hybridized carbons (Fsp3) is 0.176. The van der Waals surface area contributed by atoms with E-state index in [4.69, 9.17) is 4.42 Å². The van der Waals surface area contributed by atoms with E-state index in [1.54, 1.807) is 0 Å². The van der Waals surface area contributed by atoms with E-state index >= 15 is 0 Å². The number of fused-ring (bicyclic) bond motifs is 3. The number of aromatic nitrogens is 4. The molecule has 0 aliphatic rings. The highest BCUT2D eigenvalue weighted by molar-refractivity contribution is 6.04. The standard InChI is InChI=1S/C17H16N6O/c1-9-5-4-6-12-14(9)18-16-15(12)21-23-17(19-16)22-20-11(3)13-8-7-10(2)24-13/h4-8H,1-3H3,(H2,18,19,22,23)/b20-11-. The number of anilines is 1. The van der Waals surface area contributed by atoms with Crippen LogP contribution in [0, 0.1) is 13.8 Å². The Morgan fingerprint density at radius 1 is 1.17 bits per heavy atom. The van der Waals surface area contributed by atoms with E-state index < -0.39 is 0 Å². The van der Waals surface area contributed by atoms with E-state index in [1.807, 2.05) is 51.1 Å². The van der Waals surface area contributed by atoms with Gasteiger partial charge in [0.15, 0.2) is 5.65 Å². The second-order valence-corrected chi connectivity index (χ2v) is 5.67. The molecule has 0 spiro atoms. The Hall–Kier alpha value is -3.22. The zero-order valence-electron chi connectivity index (χ0n) is 13.6. The molecule has 4 rings (SSSR count). The molecule has 0 saturated heterocycles. The molecule has 0 unspecified atom stereocenters. The van der Waals surface area contributed by atoms with Gasteiger partial charge in [-0.15, -0.1) is 10.2 Å². The first-order valence-electron chi connectivity index (χ1n) is 7.60. The lowest BCUT2D eigenvalue weighted by Crippen LogP contribution is -2.02. The topological polar surface area (TPSA) is 92.0 Å². The van der Waals surface area contributed by atoms with Gasteiger partial charge in [0.1, 0.15) is 22.7 Å². The summed E-state index contributed by atoms with van der Waals surface area (Å²) in [5, 5.41) is 13.6. The van der Waals surface area contributed by atoms with Crippen LogP contribution in [0.3, 0.4) is 0 Å². The Kier molecular flexibility index (Phi) is 3.26. The van der Waals surface area contributed by atoms with Crippen molar-refractivity contribution in [3.63, 3.8) is 0 Å². The number of nitrogens with one attached hydrogen (secondary N) is 2. The van der Waals surface area contributed by atoms with E-state index in [2.05, 4.69) is 30.7 Å². The van der Waals surface area contributed by atoms with E-state index in [1.165, 1.54) is 0 Å². The third kappa shape index (κ3) is 2.40. The highest BCUT2D eigenvalue weighted by atomic mass is 16.3. The number of hydrogen-bond acceptors (Lipinski definition) is 6. The summed E-state index contributed by atoms with van der Waals surface area (Å²) in [4.78, 5) is 7.74. The van der Waals surface area contributed by atoms with Crippen LogP contribution in [-0.2, 0) is 0 Å². The Balaban J connectivity index is 1.68. The van der Waals surface area contributed by atoms with Gasteiger partial charge in [-0.05, 0) is 38.5 Å². The second-order valence-electron chi connectivity index (χ2n) is 5.67. The van der Waals surface area contributed by atoms with Crippen LogP contribution in [0.5, 0.6) is 0 Å². The molecule has 0 radical (unpaired) electrons. The van der Waals surface area contributed by atoms with Crippen LogP contribution in [0.4, 0.5) is 5.95 Å². The molecule has 3 heterocycles. The predicted octanol–water partition coefficient (Wildman–Crippen LogP) is 3.55. The summed E-state index contributed by atoms with van der Waals surface area (Å²) < 4.78 is 5.52. The van der Waals surface area contributed by atoms with Crippen molar-refractivity contribution in [3.05, 3.63) is 47.4 Å². The molecule has 0 bridgehead atoms. The second kappa shape index (κ2) is 5.45. The first kappa shape index (κ1) is 14.4. The largest absolute Gasteiger partial charge is 0.460 e. The van der Waals surface area contributed by atoms with Gasteiger partial charge in [-0.1, -0.05) is 18.2 Å². The maximum absolute atomic E-state index is 5.52. The van der Waals surface area contributed by atoms with Crippen LogP contribution >= 0.6 is 0 Å². The Labute approximate surface area is 137 Å². The SMILES string of the molecule is C/C(=N/Nc1nnc2c(n1)[nH]c1c(C)cccc12)c1ccc(C)o1. The van der Waals surface area contributed by atoms with Crippen molar-refractivity contribution in [2.24, 2.45) is 5.10 Å². The van der Waals surface area contributed by atoms with Crippen LogP contribution in [-0.4, -0.2) is 25.9 Å². The quantitative estimate of drug-likeness (QED) is 0.445. The van der Waals surface area contributed by atoms with Crippen molar-refractivity contribution < 1.29 is 4.42 Å². The van der Waals surface area contributed by atoms with Gasteiger partial charge in [-0.25, -0.2) is 5.43 Å². The van der Waals surface area contributed by atoms with E-state index in [9.17, 15) is 0 Å². The van der Waals surface area contributed by atoms with Crippen LogP contribution in [0.2, 0.25) is 0 Å². The maximum Gasteiger partial charge on any atom is 0.265 e. The summed E-state index contributed by atoms with van der Waals surface area (Å²) in [6, 6.07) is 9.82. The molecule has 0 saturated carbocycles. The number of hydrazone groups is 1. The Morgan fingerprint density at radius 3 is 2.83 bits per heavy atom. The van der Waals surface area contributed by atoms with Crippen molar-refractivity contribution in [2.45, 2.75) is 20.8 Å². The predicted molar refractivity (Wildman–Crippen MR) is 93.2 cm³/mol. The lowest BCUT2D eigenvalue weighted by molar-refractivity contribution is 0.525. The van der Waals surface area contributed by atoms with Gasteiger partial charge in [0.05, 0.1) is 5.52 Å². The van der Waals surface area contributed by atoms with Crippen molar-refractivity contribution in [2.75, 3.05) is 5.43 Å². The molecule has 0 aliphatic heterocycles. The Bertz CT molecular complexity index is 1080. The number of furan rings is 1. The first-order valence-corrected chi connectivity index (χ1v) is 7.60. The van der Waals surface area contributed by atoms with Gasteiger partial charge in [0, 0.05) is 5.39 Å². The van der Waals surface area contributed by atoms with Crippen molar-refractivity contribution in [1.82, 2.24) is 20.2 Å². The fourth-order valence-electron chi connectivity index (χ4n) is 2.61. The zero-order valence-corrected chi connectivity index (χ0v) is 13.6. The summed E-state index contributed by atoms with van der Waals surface area (Å²) in [7, 11) is 0. The molecule has 3 aromatic heterocycles. The van der Waals surface area contributed by atoms with Gasteiger partial charge in [-0.2, -0.15) is 10.1 Å². The molecular formula is C17H16N6O. The number of aryl methyl sites for hydroxylation is 2. The third-order valence-corrected chi connectivity index (χ3v) is 3.88. The minimum Gasteiger partial charge on any atom is -0.460 e. The molecule has 120 valence electrons. The van der Waals surface area contributed by atoms with Crippen LogP contribution in [0.15, 0.2) is 39.9 Å². The van der Waals surface area contributed by atoms with E-state index in [0.29, 0.717) is 23.1 Å². The van der Waals surface area contributed by atoms with Crippen LogP contribution < -0.4 is 5.43 Å². The summed E-state index contributed by atoms with van der Waals surface area (Å²) in [5.74, 6) is 1.87. The molecule has 4 aromatic rings. The van der Waals surface area contributed by atoms with Gasteiger partial charge < -0.3 is 9.40 Å². The fourth-order valence-corrected chi connectivity index (χ4v) is 2.61. The summed E-state index contributed by atoms with van der Waals surface area (Å²) in [5.41, 5.74) is 7.13. The van der Waals surface area contributed by atoms with Crippen molar-refractivity contribution >= 4 is 33.7 Å².